The lowest BCUT2D eigenvalue weighted by atomic mass is 9.92. The molecule has 0 heterocycles. The minimum absolute atomic E-state index is 0.313. The maximum absolute atomic E-state index is 9.73. The minimum atomic E-state index is -1.06. The smallest absolute Gasteiger partial charge is 0.317 e. The lowest BCUT2D eigenvalue weighted by Gasteiger charge is -2.14. The second-order valence-electron chi connectivity index (χ2n) is 4.06. The van der Waals surface area contributed by atoms with Crippen molar-refractivity contribution in [2.75, 3.05) is 13.1 Å². The Labute approximate surface area is 113 Å². The van der Waals surface area contributed by atoms with Gasteiger partial charge in [-0.3, -0.25) is 14.9 Å². The van der Waals surface area contributed by atoms with Crippen LogP contribution in [0.2, 0.25) is 0 Å². The van der Waals surface area contributed by atoms with E-state index in [2.05, 4.69) is 18.5 Å². The highest BCUT2D eigenvalue weighted by molar-refractivity contribution is 5.72. The van der Waals surface area contributed by atoms with E-state index >= 15 is 0 Å². The Kier molecular flexibility index (Phi) is 9.08. The molecule has 1 aliphatic carbocycles. The quantitative estimate of drug-likeness (QED) is 0.685. The van der Waals surface area contributed by atoms with Gasteiger partial charge in [-0.2, -0.15) is 0 Å². The van der Waals surface area contributed by atoms with Gasteiger partial charge in [-0.1, -0.05) is 25.3 Å². The Bertz CT molecular complexity index is 338. The maximum Gasteiger partial charge on any atom is 0.317 e. The summed E-state index contributed by atoms with van der Waals surface area (Å²) in [6, 6.07) is 0. The number of allylic oxidation sites excluding steroid dienone is 4. The van der Waals surface area contributed by atoms with E-state index < -0.39 is 11.9 Å². The Morgan fingerprint density at radius 1 is 1.00 bits per heavy atom. The van der Waals surface area contributed by atoms with Crippen molar-refractivity contribution in [2.45, 2.75) is 25.7 Å². The van der Waals surface area contributed by atoms with Crippen LogP contribution >= 0.6 is 0 Å². The standard InChI is InChI=1S/C10H14.C4H7NO4/c1-3-9-7-5-6-8-10(9)4-2;6-3(7)1-5-2-4(8)9/h3-4H,1-2,5-8H2;5H,1-2H2,(H,6,7)(H,8,9). The topological polar surface area (TPSA) is 86.6 Å². The normalized spacial score (nSPS) is 14.1. The van der Waals surface area contributed by atoms with E-state index in [0.717, 1.165) is 0 Å². The zero-order chi connectivity index (χ0) is 14.7. The van der Waals surface area contributed by atoms with Crippen molar-refractivity contribution in [1.82, 2.24) is 5.32 Å². The summed E-state index contributed by atoms with van der Waals surface area (Å²) in [6.07, 6.45) is 8.97. The highest BCUT2D eigenvalue weighted by Gasteiger charge is 2.06. The monoisotopic (exact) mass is 267 g/mol. The Morgan fingerprint density at radius 2 is 1.37 bits per heavy atom. The molecule has 0 fully saturated rings. The van der Waals surface area contributed by atoms with E-state index in [4.69, 9.17) is 10.2 Å². The first-order valence-electron chi connectivity index (χ1n) is 6.12. The molecular weight excluding hydrogens is 246 g/mol. The van der Waals surface area contributed by atoms with Crippen LogP contribution in [0.25, 0.3) is 0 Å². The van der Waals surface area contributed by atoms with Crippen LogP contribution < -0.4 is 5.32 Å². The number of aliphatic carboxylic acids is 2. The van der Waals surface area contributed by atoms with Crippen LogP contribution in [0.1, 0.15) is 25.7 Å². The summed E-state index contributed by atoms with van der Waals surface area (Å²) in [5.41, 5.74) is 2.81. The predicted octanol–water partition coefficient (Wildman–Crippen LogP) is 1.97. The largest absolute Gasteiger partial charge is 0.480 e. The van der Waals surface area contributed by atoms with Crippen LogP contribution in [0.5, 0.6) is 0 Å². The van der Waals surface area contributed by atoms with Gasteiger partial charge in [-0.05, 0) is 36.8 Å². The number of carboxylic acid groups (broad SMARTS) is 2. The molecule has 3 N–H and O–H groups in total. The van der Waals surface area contributed by atoms with E-state index in [0.29, 0.717) is 0 Å². The van der Waals surface area contributed by atoms with Gasteiger partial charge in [0.1, 0.15) is 0 Å². The van der Waals surface area contributed by atoms with Crippen molar-refractivity contribution in [3.05, 3.63) is 36.5 Å². The Morgan fingerprint density at radius 3 is 1.63 bits per heavy atom. The number of hydrogen-bond acceptors (Lipinski definition) is 3. The van der Waals surface area contributed by atoms with Gasteiger partial charge >= 0.3 is 11.9 Å². The molecule has 0 atom stereocenters. The third kappa shape index (κ3) is 8.79. The van der Waals surface area contributed by atoms with E-state index in [9.17, 15) is 9.59 Å². The summed E-state index contributed by atoms with van der Waals surface area (Å²) in [4.78, 5) is 19.5. The summed E-state index contributed by atoms with van der Waals surface area (Å²) in [7, 11) is 0. The first kappa shape index (κ1) is 17.1. The summed E-state index contributed by atoms with van der Waals surface area (Å²) in [5.74, 6) is -2.12. The summed E-state index contributed by atoms with van der Waals surface area (Å²) >= 11 is 0. The van der Waals surface area contributed by atoms with Crippen LogP contribution in [0.15, 0.2) is 36.5 Å². The van der Waals surface area contributed by atoms with Crippen LogP contribution in [-0.4, -0.2) is 35.2 Å². The molecule has 19 heavy (non-hydrogen) atoms. The summed E-state index contributed by atoms with van der Waals surface area (Å²) in [6.45, 7) is 6.93. The number of hydrogen-bond donors (Lipinski definition) is 3. The molecular formula is C14H21NO4. The van der Waals surface area contributed by atoms with E-state index in [1.165, 1.54) is 36.8 Å². The third-order valence-electron chi connectivity index (χ3n) is 2.60. The zero-order valence-electron chi connectivity index (χ0n) is 11.0. The van der Waals surface area contributed by atoms with Crippen molar-refractivity contribution in [2.24, 2.45) is 0 Å². The van der Waals surface area contributed by atoms with Gasteiger partial charge in [0.25, 0.3) is 0 Å². The summed E-state index contributed by atoms with van der Waals surface area (Å²) in [5, 5.41) is 18.1. The first-order chi connectivity index (χ1) is 9.01. The van der Waals surface area contributed by atoms with Crippen molar-refractivity contribution in [1.29, 1.82) is 0 Å². The average Bonchev–Trinajstić information content (AvgIpc) is 2.38. The number of rotatable bonds is 6. The van der Waals surface area contributed by atoms with Crippen molar-refractivity contribution >= 4 is 11.9 Å². The van der Waals surface area contributed by atoms with Crippen molar-refractivity contribution in [3.63, 3.8) is 0 Å². The van der Waals surface area contributed by atoms with E-state index in [1.807, 2.05) is 12.2 Å². The Balaban J connectivity index is 0.000000344. The maximum atomic E-state index is 9.73. The highest BCUT2D eigenvalue weighted by Crippen LogP contribution is 2.25. The molecule has 5 heteroatoms. The molecule has 0 aromatic heterocycles. The molecule has 0 aromatic rings. The second kappa shape index (κ2) is 10.1. The third-order valence-corrected chi connectivity index (χ3v) is 2.60. The minimum Gasteiger partial charge on any atom is -0.480 e. The molecule has 0 aliphatic heterocycles. The zero-order valence-corrected chi connectivity index (χ0v) is 11.0. The molecule has 0 saturated heterocycles. The van der Waals surface area contributed by atoms with Crippen molar-refractivity contribution in [3.8, 4) is 0 Å². The fourth-order valence-corrected chi connectivity index (χ4v) is 1.69. The second-order valence-corrected chi connectivity index (χ2v) is 4.06. The summed E-state index contributed by atoms with van der Waals surface area (Å²) < 4.78 is 0. The molecule has 0 amide bonds. The van der Waals surface area contributed by atoms with Crippen LogP contribution in [-0.2, 0) is 9.59 Å². The van der Waals surface area contributed by atoms with Crippen LogP contribution in [0.3, 0.4) is 0 Å². The molecule has 0 unspecified atom stereocenters. The van der Waals surface area contributed by atoms with Gasteiger partial charge in [0.2, 0.25) is 0 Å². The van der Waals surface area contributed by atoms with E-state index in [-0.39, 0.29) is 13.1 Å². The molecule has 0 bridgehead atoms. The van der Waals surface area contributed by atoms with Crippen molar-refractivity contribution < 1.29 is 19.8 Å². The van der Waals surface area contributed by atoms with Gasteiger partial charge in [0.05, 0.1) is 13.1 Å². The Hall–Kier alpha value is -1.88. The molecule has 106 valence electrons. The van der Waals surface area contributed by atoms with E-state index in [1.54, 1.807) is 0 Å². The van der Waals surface area contributed by atoms with Crippen LogP contribution in [0, 0.1) is 0 Å². The fourth-order valence-electron chi connectivity index (χ4n) is 1.69. The van der Waals surface area contributed by atoms with Gasteiger partial charge < -0.3 is 10.2 Å². The SMILES string of the molecule is C=CC1=C(C=C)CCCC1.O=C(O)CNCC(=O)O. The van der Waals surface area contributed by atoms with Gasteiger partial charge in [0, 0.05) is 0 Å². The van der Waals surface area contributed by atoms with Crippen LogP contribution in [0.4, 0.5) is 0 Å². The molecule has 1 rings (SSSR count). The molecule has 0 spiro atoms. The number of nitrogens with one attached hydrogen (secondary N) is 1. The highest BCUT2D eigenvalue weighted by atomic mass is 16.4. The molecule has 0 aromatic carbocycles. The molecule has 0 saturated carbocycles. The lowest BCUT2D eigenvalue weighted by molar-refractivity contribution is -0.137. The predicted molar refractivity (Wildman–Crippen MR) is 74.0 cm³/mol. The molecule has 5 nitrogen and oxygen atoms in total. The lowest BCUT2D eigenvalue weighted by Crippen LogP contribution is -2.27. The molecule has 0 radical (unpaired) electrons. The van der Waals surface area contributed by atoms with Gasteiger partial charge in [-0.15, -0.1) is 0 Å². The van der Waals surface area contributed by atoms with Gasteiger partial charge in [0.15, 0.2) is 0 Å². The van der Waals surface area contributed by atoms with Gasteiger partial charge in [-0.25, -0.2) is 0 Å². The molecule has 1 aliphatic rings. The first-order valence-corrected chi connectivity index (χ1v) is 6.12. The number of carboxylic acids is 2. The number of carbonyl (C=O) groups is 2. The fraction of sp³-hybridized carbons (Fsp3) is 0.429. The average molecular weight is 267 g/mol.